The summed E-state index contributed by atoms with van der Waals surface area (Å²) in [6.07, 6.45) is 1.06. The number of hydrogen-bond donors (Lipinski definition) is 1. The lowest BCUT2D eigenvalue weighted by Gasteiger charge is -2.23. The second-order valence-electron chi connectivity index (χ2n) is 7.70. The van der Waals surface area contributed by atoms with Gasteiger partial charge in [0.25, 0.3) is 5.91 Å². The average molecular weight is 354 g/mol. The predicted octanol–water partition coefficient (Wildman–Crippen LogP) is 3.61. The van der Waals surface area contributed by atoms with Crippen LogP contribution in [0.5, 0.6) is 0 Å². The van der Waals surface area contributed by atoms with Gasteiger partial charge in [0, 0.05) is 25.7 Å². The summed E-state index contributed by atoms with van der Waals surface area (Å²) in [7, 11) is 0. The molecule has 140 valence electrons. The lowest BCUT2D eigenvalue weighted by atomic mass is 10.0. The van der Waals surface area contributed by atoms with E-state index in [4.69, 9.17) is 0 Å². The first-order valence-electron chi connectivity index (χ1n) is 9.54. The van der Waals surface area contributed by atoms with Crippen molar-refractivity contribution in [3.05, 3.63) is 52.3 Å². The average Bonchev–Trinajstić information content (AvgIpc) is 2.88. The molecule has 5 heteroatoms. The van der Waals surface area contributed by atoms with Gasteiger partial charge < -0.3 is 5.32 Å². The number of aryl methyl sites for hydroxylation is 3. The standard InChI is InChI=1S/C21H30N4O/c1-14(2)24-9-6-10-25-19(13-24)12-20(23-25)21(26)22-17(5)18-8-7-15(3)16(4)11-18/h7-8,11-12,14,17H,6,9-10,13H2,1-5H3,(H,22,26)/t17-/m1/s1. The van der Waals surface area contributed by atoms with Gasteiger partial charge >= 0.3 is 0 Å². The fourth-order valence-corrected chi connectivity index (χ4v) is 3.43. The zero-order chi connectivity index (χ0) is 18.8. The first-order chi connectivity index (χ1) is 12.3. The van der Waals surface area contributed by atoms with E-state index in [9.17, 15) is 4.79 Å². The maximum absolute atomic E-state index is 12.7. The summed E-state index contributed by atoms with van der Waals surface area (Å²) < 4.78 is 2.00. The molecule has 1 aromatic carbocycles. The normalized spacial score (nSPS) is 16.2. The molecule has 0 radical (unpaired) electrons. The van der Waals surface area contributed by atoms with Crippen LogP contribution in [0.4, 0.5) is 0 Å². The summed E-state index contributed by atoms with van der Waals surface area (Å²) >= 11 is 0. The highest BCUT2D eigenvalue weighted by atomic mass is 16.2. The molecular formula is C21H30N4O. The molecule has 2 heterocycles. The Morgan fingerprint density at radius 2 is 1.88 bits per heavy atom. The molecular weight excluding hydrogens is 324 g/mol. The molecule has 1 amide bonds. The molecule has 0 unspecified atom stereocenters. The number of carbonyl (C=O) groups is 1. The minimum atomic E-state index is -0.104. The Morgan fingerprint density at radius 3 is 2.58 bits per heavy atom. The third-order valence-electron chi connectivity index (χ3n) is 5.39. The second-order valence-corrected chi connectivity index (χ2v) is 7.70. The number of nitrogens with one attached hydrogen (secondary N) is 1. The van der Waals surface area contributed by atoms with Crippen molar-refractivity contribution in [2.45, 2.75) is 66.2 Å². The van der Waals surface area contributed by atoms with Crippen molar-refractivity contribution < 1.29 is 4.79 Å². The topological polar surface area (TPSA) is 50.2 Å². The summed E-state index contributed by atoms with van der Waals surface area (Å²) in [5.41, 5.74) is 5.26. The highest BCUT2D eigenvalue weighted by Crippen LogP contribution is 2.19. The number of rotatable bonds is 4. The fourth-order valence-electron chi connectivity index (χ4n) is 3.43. The van der Waals surface area contributed by atoms with Gasteiger partial charge in [-0.2, -0.15) is 5.10 Å². The largest absolute Gasteiger partial charge is 0.344 e. The molecule has 26 heavy (non-hydrogen) atoms. The molecule has 1 atom stereocenters. The summed E-state index contributed by atoms with van der Waals surface area (Å²) in [6, 6.07) is 8.73. The molecule has 1 aromatic heterocycles. The van der Waals surface area contributed by atoms with E-state index in [1.165, 1.54) is 11.1 Å². The number of fused-ring (bicyclic) bond motifs is 1. The number of aromatic nitrogens is 2. The van der Waals surface area contributed by atoms with Crippen LogP contribution in [0.3, 0.4) is 0 Å². The van der Waals surface area contributed by atoms with Gasteiger partial charge in [-0.15, -0.1) is 0 Å². The minimum Gasteiger partial charge on any atom is -0.344 e. The molecule has 0 saturated heterocycles. The van der Waals surface area contributed by atoms with E-state index in [2.05, 4.69) is 61.2 Å². The van der Waals surface area contributed by atoms with Crippen molar-refractivity contribution in [1.29, 1.82) is 0 Å². The van der Waals surface area contributed by atoms with Gasteiger partial charge in [-0.3, -0.25) is 14.4 Å². The van der Waals surface area contributed by atoms with E-state index in [0.717, 1.165) is 37.3 Å². The Bertz CT molecular complexity index is 793. The monoisotopic (exact) mass is 354 g/mol. The first kappa shape index (κ1) is 18.6. The molecule has 0 fully saturated rings. The van der Waals surface area contributed by atoms with Crippen LogP contribution in [0, 0.1) is 13.8 Å². The summed E-state index contributed by atoms with van der Waals surface area (Å²) in [5.74, 6) is -0.104. The maximum Gasteiger partial charge on any atom is 0.272 e. The van der Waals surface area contributed by atoms with Crippen molar-refractivity contribution in [3.63, 3.8) is 0 Å². The smallest absolute Gasteiger partial charge is 0.272 e. The van der Waals surface area contributed by atoms with E-state index in [-0.39, 0.29) is 11.9 Å². The van der Waals surface area contributed by atoms with E-state index in [1.54, 1.807) is 0 Å². The lowest BCUT2D eigenvalue weighted by molar-refractivity contribution is 0.0934. The van der Waals surface area contributed by atoms with Gasteiger partial charge in [0.2, 0.25) is 0 Å². The molecule has 1 aliphatic heterocycles. The van der Waals surface area contributed by atoms with E-state index < -0.39 is 0 Å². The van der Waals surface area contributed by atoms with E-state index >= 15 is 0 Å². The van der Waals surface area contributed by atoms with Crippen LogP contribution < -0.4 is 5.32 Å². The van der Waals surface area contributed by atoms with Crippen LogP contribution in [0.15, 0.2) is 24.3 Å². The fraction of sp³-hybridized carbons (Fsp3) is 0.524. The molecule has 3 rings (SSSR count). The van der Waals surface area contributed by atoms with Crippen LogP contribution in [0.2, 0.25) is 0 Å². The van der Waals surface area contributed by atoms with E-state index in [1.807, 2.05) is 17.7 Å². The third kappa shape index (κ3) is 3.98. The van der Waals surface area contributed by atoms with Crippen LogP contribution in [0.1, 0.15) is 66.1 Å². The van der Waals surface area contributed by atoms with Crippen molar-refractivity contribution in [1.82, 2.24) is 20.0 Å². The number of carbonyl (C=O) groups excluding carboxylic acids is 1. The third-order valence-corrected chi connectivity index (χ3v) is 5.39. The van der Waals surface area contributed by atoms with Gasteiger partial charge in [0.1, 0.15) is 0 Å². The van der Waals surface area contributed by atoms with Gasteiger partial charge in [0.05, 0.1) is 11.7 Å². The van der Waals surface area contributed by atoms with Crippen molar-refractivity contribution in [3.8, 4) is 0 Å². The molecule has 0 bridgehead atoms. The number of nitrogens with zero attached hydrogens (tertiary/aromatic N) is 3. The molecule has 5 nitrogen and oxygen atoms in total. The van der Waals surface area contributed by atoms with Gasteiger partial charge in [-0.1, -0.05) is 18.2 Å². The highest BCUT2D eigenvalue weighted by Gasteiger charge is 2.21. The van der Waals surface area contributed by atoms with Gasteiger partial charge in [0.15, 0.2) is 5.69 Å². The van der Waals surface area contributed by atoms with Gasteiger partial charge in [-0.25, -0.2) is 0 Å². The SMILES string of the molecule is Cc1ccc([C@@H](C)NC(=O)c2cc3n(n2)CCCN(C(C)C)C3)cc1C. The molecule has 0 aliphatic carbocycles. The second kappa shape index (κ2) is 7.62. The zero-order valence-electron chi connectivity index (χ0n) is 16.5. The molecule has 1 aliphatic rings. The Kier molecular flexibility index (Phi) is 5.47. The summed E-state index contributed by atoms with van der Waals surface area (Å²) in [5, 5.41) is 7.65. The quantitative estimate of drug-likeness (QED) is 0.912. The van der Waals surface area contributed by atoms with Crippen LogP contribution in [-0.2, 0) is 13.1 Å². The highest BCUT2D eigenvalue weighted by molar-refractivity contribution is 5.92. The Balaban J connectivity index is 1.72. The van der Waals surface area contributed by atoms with Crippen molar-refractivity contribution >= 4 is 5.91 Å². The predicted molar refractivity (Wildman–Crippen MR) is 104 cm³/mol. The molecule has 0 spiro atoms. The summed E-state index contributed by atoms with van der Waals surface area (Å²) in [4.78, 5) is 15.1. The Labute approximate surface area is 156 Å². The lowest BCUT2D eigenvalue weighted by Crippen LogP contribution is -2.30. The first-order valence-corrected chi connectivity index (χ1v) is 9.54. The molecule has 1 N–H and O–H groups in total. The van der Waals surface area contributed by atoms with Crippen LogP contribution in [-0.4, -0.2) is 33.2 Å². The maximum atomic E-state index is 12.7. The van der Waals surface area contributed by atoms with Gasteiger partial charge in [-0.05, 0) is 63.8 Å². The van der Waals surface area contributed by atoms with Crippen LogP contribution >= 0.6 is 0 Å². The Morgan fingerprint density at radius 1 is 1.12 bits per heavy atom. The van der Waals surface area contributed by atoms with Crippen molar-refractivity contribution in [2.24, 2.45) is 0 Å². The molecule has 2 aromatic rings. The minimum absolute atomic E-state index is 0.0459. The number of amides is 1. The number of hydrogen-bond acceptors (Lipinski definition) is 3. The molecule has 0 saturated carbocycles. The summed E-state index contributed by atoms with van der Waals surface area (Å²) in [6.45, 7) is 13.4. The number of benzene rings is 1. The Hall–Kier alpha value is -2.14. The van der Waals surface area contributed by atoms with Crippen molar-refractivity contribution in [2.75, 3.05) is 6.54 Å². The zero-order valence-corrected chi connectivity index (χ0v) is 16.5. The van der Waals surface area contributed by atoms with E-state index in [0.29, 0.717) is 11.7 Å². The van der Waals surface area contributed by atoms with Crippen LogP contribution in [0.25, 0.3) is 0 Å².